The van der Waals surface area contributed by atoms with Gasteiger partial charge < -0.3 is 14.8 Å². The van der Waals surface area contributed by atoms with Crippen molar-refractivity contribution < 1.29 is 22.7 Å². The summed E-state index contributed by atoms with van der Waals surface area (Å²) in [5.74, 6) is 0.662. The molecule has 1 amide bonds. The molecule has 1 saturated heterocycles. The number of nitrogens with one attached hydrogen (secondary N) is 1. The second kappa shape index (κ2) is 9.49. The lowest BCUT2D eigenvalue weighted by atomic mass is 10.1. The third kappa shape index (κ3) is 5.12. The quantitative estimate of drug-likeness (QED) is 0.649. The van der Waals surface area contributed by atoms with Crippen molar-refractivity contribution >= 4 is 15.9 Å². The molecule has 0 saturated carbocycles. The molecule has 1 aliphatic heterocycles. The summed E-state index contributed by atoms with van der Waals surface area (Å²) in [5, 5.41) is 2.77. The van der Waals surface area contributed by atoms with E-state index >= 15 is 0 Å². The smallest absolute Gasteiger partial charge is 0.255 e. The number of carbonyl (C=O) groups is 1. The summed E-state index contributed by atoms with van der Waals surface area (Å²) in [6.45, 7) is 5.58. The van der Waals surface area contributed by atoms with Crippen molar-refractivity contribution in [2.75, 3.05) is 33.4 Å². The van der Waals surface area contributed by atoms with Crippen molar-refractivity contribution in [2.24, 2.45) is 0 Å². The van der Waals surface area contributed by atoms with Crippen LogP contribution in [0.4, 0.5) is 0 Å². The number of hydrogen-bond donors (Lipinski definition) is 1. The fourth-order valence-electron chi connectivity index (χ4n) is 3.55. The first kappa shape index (κ1) is 22.1. The predicted octanol–water partition coefficient (Wildman–Crippen LogP) is 2.91. The fourth-order valence-corrected chi connectivity index (χ4v) is 5.09. The van der Waals surface area contributed by atoms with Crippen LogP contribution in [0.15, 0.2) is 41.3 Å². The van der Waals surface area contributed by atoms with Crippen molar-refractivity contribution in [2.45, 2.75) is 31.6 Å². The second-order valence-corrected chi connectivity index (χ2v) is 9.34. The standard InChI is InChI=1S/C22H28N2O5S/c1-16-12-17(2)14-18(13-16)29-11-8-23-22(25)20-15-19(6-7-21(20)28-3)30(26,27)24-9-4-5-10-24/h6-7,12-15H,4-5,8-11H2,1-3H3,(H,23,25). The lowest BCUT2D eigenvalue weighted by Gasteiger charge is -2.17. The molecule has 2 aromatic rings. The average Bonchev–Trinajstić information content (AvgIpc) is 3.25. The monoisotopic (exact) mass is 432 g/mol. The Morgan fingerprint density at radius 1 is 1.07 bits per heavy atom. The van der Waals surface area contributed by atoms with E-state index in [4.69, 9.17) is 9.47 Å². The molecule has 2 aromatic carbocycles. The van der Waals surface area contributed by atoms with Gasteiger partial charge in [-0.05, 0) is 68.1 Å². The van der Waals surface area contributed by atoms with Gasteiger partial charge in [0.25, 0.3) is 5.91 Å². The second-order valence-electron chi connectivity index (χ2n) is 7.40. The Kier molecular flexibility index (Phi) is 6.99. The third-order valence-electron chi connectivity index (χ3n) is 4.97. The highest BCUT2D eigenvalue weighted by Gasteiger charge is 2.28. The Hall–Kier alpha value is -2.58. The minimum Gasteiger partial charge on any atom is -0.496 e. The van der Waals surface area contributed by atoms with E-state index in [9.17, 15) is 13.2 Å². The number of benzene rings is 2. The molecule has 0 spiro atoms. The average molecular weight is 433 g/mol. The lowest BCUT2D eigenvalue weighted by Crippen LogP contribution is -2.30. The van der Waals surface area contributed by atoms with Crippen molar-refractivity contribution in [1.29, 1.82) is 0 Å². The van der Waals surface area contributed by atoms with Crippen LogP contribution >= 0.6 is 0 Å². The summed E-state index contributed by atoms with van der Waals surface area (Å²) in [7, 11) is -2.17. The molecular formula is C22H28N2O5S. The first-order chi connectivity index (χ1) is 14.3. The summed E-state index contributed by atoms with van der Waals surface area (Å²) in [4.78, 5) is 12.8. The summed E-state index contributed by atoms with van der Waals surface area (Å²) >= 11 is 0. The first-order valence-corrected chi connectivity index (χ1v) is 11.4. The number of rotatable bonds is 8. The van der Waals surface area contributed by atoms with Gasteiger partial charge in [0.15, 0.2) is 0 Å². The van der Waals surface area contributed by atoms with Gasteiger partial charge in [-0.15, -0.1) is 0 Å². The van der Waals surface area contributed by atoms with Crippen molar-refractivity contribution in [3.05, 3.63) is 53.1 Å². The molecule has 7 nitrogen and oxygen atoms in total. The molecule has 1 heterocycles. The van der Waals surface area contributed by atoms with Crippen LogP contribution in [0, 0.1) is 13.8 Å². The Labute approximate surface area is 178 Å². The van der Waals surface area contributed by atoms with Gasteiger partial charge in [-0.3, -0.25) is 4.79 Å². The molecule has 0 radical (unpaired) electrons. The van der Waals surface area contributed by atoms with Gasteiger partial charge in [-0.1, -0.05) is 6.07 Å². The number of methoxy groups -OCH3 is 1. The molecular weight excluding hydrogens is 404 g/mol. The zero-order valence-corrected chi connectivity index (χ0v) is 18.4. The highest BCUT2D eigenvalue weighted by molar-refractivity contribution is 7.89. The van der Waals surface area contributed by atoms with Crippen LogP contribution in [0.1, 0.15) is 34.3 Å². The molecule has 1 aliphatic rings. The van der Waals surface area contributed by atoms with E-state index in [1.807, 2.05) is 26.0 Å². The van der Waals surface area contributed by atoms with Crippen LogP contribution in [-0.4, -0.2) is 52.0 Å². The fraction of sp³-hybridized carbons (Fsp3) is 0.409. The first-order valence-electron chi connectivity index (χ1n) is 9.99. The number of sulfonamides is 1. The number of aryl methyl sites for hydroxylation is 2. The molecule has 30 heavy (non-hydrogen) atoms. The SMILES string of the molecule is COc1ccc(S(=O)(=O)N2CCCC2)cc1C(=O)NCCOc1cc(C)cc(C)c1. The maximum absolute atomic E-state index is 12.8. The van der Waals surface area contributed by atoms with Crippen LogP contribution in [0.2, 0.25) is 0 Å². The molecule has 1 N–H and O–H groups in total. The van der Waals surface area contributed by atoms with Gasteiger partial charge in [0.05, 0.1) is 24.1 Å². The van der Waals surface area contributed by atoms with Gasteiger partial charge >= 0.3 is 0 Å². The van der Waals surface area contributed by atoms with Crippen LogP contribution in [0.25, 0.3) is 0 Å². The molecule has 3 rings (SSSR count). The summed E-state index contributed by atoms with van der Waals surface area (Å²) in [6.07, 6.45) is 1.70. The molecule has 0 atom stereocenters. The van der Waals surface area contributed by atoms with Gasteiger partial charge in [-0.25, -0.2) is 8.42 Å². The highest BCUT2D eigenvalue weighted by Crippen LogP contribution is 2.26. The highest BCUT2D eigenvalue weighted by atomic mass is 32.2. The van der Waals surface area contributed by atoms with E-state index < -0.39 is 15.9 Å². The molecule has 8 heteroatoms. The predicted molar refractivity (Wildman–Crippen MR) is 115 cm³/mol. The Bertz CT molecular complexity index is 994. The zero-order chi connectivity index (χ0) is 21.7. The van der Waals surface area contributed by atoms with E-state index in [1.165, 1.54) is 29.6 Å². The summed E-state index contributed by atoms with van der Waals surface area (Å²) in [5.41, 5.74) is 2.40. The molecule has 0 aliphatic carbocycles. The third-order valence-corrected chi connectivity index (χ3v) is 6.86. The molecule has 0 bridgehead atoms. The Balaban J connectivity index is 1.67. The van der Waals surface area contributed by atoms with E-state index in [1.54, 1.807) is 0 Å². The van der Waals surface area contributed by atoms with Gasteiger partial charge in [-0.2, -0.15) is 4.31 Å². The Morgan fingerprint density at radius 2 is 1.73 bits per heavy atom. The van der Waals surface area contributed by atoms with E-state index in [2.05, 4.69) is 11.4 Å². The molecule has 0 unspecified atom stereocenters. The van der Waals surface area contributed by atoms with Gasteiger partial charge in [0.2, 0.25) is 10.0 Å². The number of amides is 1. The van der Waals surface area contributed by atoms with E-state index in [0.29, 0.717) is 25.4 Å². The number of nitrogens with zero attached hydrogens (tertiary/aromatic N) is 1. The molecule has 0 aromatic heterocycles. The summed E-state index contributed by atoms with van der Waals surface area (Å²) in [6, 6.07) is 10.3. The lowest BCUT2D eigenvalue weighted by molar-refractivity contribution is 0.0943. The van der Waals surface area contributed by atoms with E-state index in [0.717, 1.165) is 29.7 Å². The van der Waals surface area contributed by atoms with Gasteiger partial charge in [0.1, 0.15) is 18.1 Å². The summed E-state index contributed by atoms with van der Waals surface area (Å²) < 4.78 is 38.1. The van der Waals surface area contributed by atoms with Crippen LogP contribution in [0.5, 0.6) is 11.5 Å². The van der Waals surface area contributed by atoms with E-state index in [-0.39, 0.29) is 17.0 Å². The number of hydrogen-bond acceptors (Lipinski definition) is 5. The number of carbonyl (C=O) groups excluding carboxylic acids is 1. The normalized spacial score (nSPS) is 14.5. The van der Waals surface area contributed by atoms with Crippen molar-refractivity contribution in [1.82, 2.24) is 9.62 Å². The minimum atomic E-state index is -3.62. The van der Waals surface area contributed by atoms with Crippen molar-refractivity contribution in [3.8, 4) is 11.5 Å². The maximum Gasteiger partial charge on any atom is 0.255 e. The molecule has 1 fully saturated rings. The minimum absolute atomic E-state index is 0.0989. The van der Waals surface area contributed by atoms with Crippen LogP contribution in [0.3, 0.4) is 0 Å². The number of ether oxygens (including phenoxy) is 2. The van der Waals surface area contributed by atoms with Crippen LogP contribution in [-0.2, 0) is 10.0 Å². The topological polar surface area (TPSA) is 84.9 Å². The molecule has 162 valence electrons. The van der Waals surface area contributed by atoms with Gasteiger partial charge in [0, 0.05) is 13.1 Å². The maximum atomic E-state index is 12.8. The largest absolute Gasteiger partial charge is 0.496 e. The van der Waals surface area contributed by atoms with Crippen molar-refractivity contribution in [3.63, 3.8) is 0 Å². The zero-order valence-electron chi connectivity index (χ0n) is 17.6. The Morgan fingerprint density at radius 3 is 2.37 bits per heavy atom. The van der Waals surface area contributed by atoms with Crippen LogP contribution < -0.4 is 14.8 Å².